The fourth-order valence-electron chi connectivity index (χ4n) is 3.54. The fraction of sp³-hybridized carbons (Fsp3) is 0.238. The molecule has 3 aromatic rings. The summed E-state index contributed by atoms with van der Waals surface area (Å²) in [5.41, 5.74) is 1.96. The first-order valence-electron chi connectivity index (χ1n) is 8.39. The van der Waals surface area contributed by atoms with E-state index in [-0.39, 0.29) is 6.42 Å². The molecular weight excluding hydrogens is 337 g/mol. The van der Waals surface area contributed by atoms with E-state index in [9.17, 15) is 13.2 Å². The Kier molecular flexibility index (Phi) is 3.65. The van der Waals surface area contributed by atoms with Crippen molar-refractivity contribution in [1.29, 1.82) is 0 Å². The van der Waals surface area contributed by atoms with Crippen LogP contribution < -0.4 is 0 Å². The van der Waals surface area contributed by atoms with Gasteiger partial charge in [0.2, 0.25) is 0 Å². The molecule has 1 aliphatic rings. The monoisotopic (exact) mass is 354 g/mol. The maximum atomic E-state index is 13.5. The molecule has 0 fully saturated rings. The largest absolute Gasteiger partial charge is 0.416 e. The predicted octanol–water partition coefficient (Wildman–Crippen LogP) is 5.43. The van der Waals surface area contributed by atoms with E-state index in [1.54, 1.807) is 12.3 Å². The molecule has 2 nitrogen and oxygen atoms in total. The number of hydrogen-bond donors (Lipinski definition) is 0. The Bertz CT molecular complexity index is 1030. The molecule has 0 saturated carbocycles. The standard InChI is InChI=1S/C21H17F3N2/c1-20(2)12-16-15(6-3-7-17(16)21(22,23)24)19(26-20)14-8-9-18-13(11-14)5-4-10-25-18/h3-11H,12H2,1-2H3. The van der Waals surface area contributed by atoms with Gasteiger partial charge in [0, 0.05) is 22.7 Å². The molecule has 0 amide bonds. The number of halogens is 3. The third-order valence-corrected chi connectivity index (χ3v) is 4.64. The van der Waals surface area contributed by atoms with Gasteiger partial charge in [0.15, 0.2) is 0 Å². The van der Waals surface area contributed by atoms with Crippen molar-refractivity contribution >= 4 is 16.6 Å². The van der Waals surface area contributed by atoms with Gasteiger partial charge in [-0.3, -0.25) is 9.98 Å². The first-order chi connectivity index (χ1) is 12.2. The lowest BCUT2D eigenvalue weighted by Gasteiger charge is -2.31. The van der Waals surface area contributed by atoms with E-state index in [1.807, 2.05) is 44.2 Å². The van der Waals surface area contributed by atoms with Gasteiger partial charge in [-0.25, -0.2) is 0 Å². The lowest BCUT2D eigenvalue weighted by molar-refractivity contribution is -0.138. The van der Waals surface area contributed by atoms with Gasteiger partial charge >= 0.3 is 6.18 Å². The van der Waals surface area contributed by atoms with Crippen molar-refractivity contribution in [3.8, 4) is 0 Å². The average molecular weight is 354 g/mol. The van der Waals surface area contributed by atoms with E-state index >= 15 is 0 Å². The molecule has 0 aliphatic carbocycles. The zero-order chi connectivity index (χ0) is 18.5. The van der Waals surface area contributed by atoms with Gasteiger partial charge in [-0.15, -0.1) is 0 Å². The third-order valence-electron chi connectivity index (χ3n) is 4.64. The van der Waals surface area contributed by atoms with Crippen LogP contribution in [0.2, 0.25) is 0 Å². The summed E-state index contributed by atoms with van der Waals surface area (Å²) in [5.74, 6) is 0. The van der Waals surface area contributed by atoms with Crippen molar-refractivity contribution in [3.05, 3.63) is 77.0 Å². The summed E-state index contributed by atoms with van der Waals surface area (Å²) in [6.07, 6.45) is -2.40. The van der Waals surface area contributed by atoms with E-state index in [2.05, 4.69) is 4.98 Å². The molecule has 1 aromatic heterocycles. The minimum Gasteiger partial charge on any atom is -0.278 e. The molecule has 0 atom stereocenters. The summed E-state index contributed by atoms with van der Waals surface area (Å²) in [6, 6.07) is 13.8. The van der Waals surface area contributed by atoms with Crippen molar-refractivity contribution in [2.45, 2.75) is 32.0 Å². The first kappa shape index (κ1) is 16.8. The van der Waals surface area contributed by atoms with Crippen LogP contribution in [0.1, 0.15) is 36.1 Å². The molecule has 2 aromatic carbocycles. The number of pyridine rings is 1. The van der Waals surface area contributed by atoms with Crippen LogP contribution in [0.4, 0.5) is 13.2 Å². The van der Waals surface area contributed by atoms with Crippen LogP contribution in [-0.2, 0) is 12.6 Å². The van der Waals surface area contributed by atoms with Crippen molar-refractivity contribution in [2.24, 2.45) is 4.99 Å². The molecule has 0 bridgehead atoms. The van der Waals surface area contributed by atoms with Crippen molar-refractivity contribution < 1.29 is 13.2 Å². The summed E-state index contributed by atoms with van der Waals surface area (Å²) in [4.78, 5) is 9.08. The highest BCUT2D eigenvalue weighted by atomic mass is 19.4. The normalized spacial score (nSPS) is 16.3. The molecular formula is C21H17F3N2. The molecule has 2 heterocycles. The Morgan fingerprint density at radius 1 is 1.00 bits per heavy atom. The molecule has 1 aliphatic heterocycles. The van der Waals surface area contributed by atoms with Crippen LogP contribution in [0.25, 0.3) is 10.9 Å². The molecule has 5 heteroatoms. The van der Waals surface area contributed by atoms with Gasteiger partial charge in [0.1, 0.15) is 0 Å². The van der Waals surface area contributed by atoms with E-state index in [1.165, 1.54) is 6.07 Å². The molecule has 26 heavy (non-hydrogen) atoms. The number of alkyl halides is 3. The smallest absolute Gasteiger partial charge is 0.278 e. The zero-order valence-corrected chi connectivity index (χ0v) is 14.4. The number of hydrogen-bond acceptors (Lipinski definition) is 2. The molecule has 0 unspecified atom stereocenters. The van der Waals surface area contributed by atoms with E-state index in [0.29, 0.717) is 16.8 Å². The average Bonchev–Trinajstić information content (AvgIpc) is 2.58. The van der Waals surface area contributed by atoms with Gasteiger partial charge in [0.05, 0.1) is 22.3 Å². The van der Waals surface area contributed by atoms with Crippen molar-refractivity contribution in [2.75, 3.05) is 0 Å². The van der Waals surface area contributed by atoms with Crippen molar-refractivity contribution in [3.63, 3.8) is 0 Å². The molecule has 0 saturated heterocycles. The number of rotatable bonds is 1. The highest BCUT2D eigenvalue weighted by molar-refractivity contribution is 6.15. The Morgan fingerprint density at radius 2 is 1.81 bits per heavy atom. The number of aromatic nitrogens is 1. The summed E-state index contributed by atoms with van der Waals surface area (Å²) in [6.45, 7) is 3.73. The molecule has 0 radical (unpaired) electrons. The highest BCUT2D eigenvalue weighted by Gasteiger charge is 2.38. The lowest BCUT2D eigenvalue weighted by Crippen LogP contribution is -2.31. The summed E-state index contributed by atoms with van der Waals surface area (Å²) < 4.78 is 40.6. The van der Waals surface area contributed by atoms with Gasteiger partial charge in [0.25, 0.3) is 0 Å². The minimum atomic E-state index is -4.38. The summed E-state index contributed by atoms with van der Waals surface area (Å²) in [7, 11) is 0. The van der Waals surface area contributed by atoms with Gasteiger partial charge < -0.3 is 0 Å². The maximum absolute atomic E-state index is 13.5. The quantitative estimate of drug-likeness (QED) is 0.572. The number of fused-ring (bicyclic) bond motifs is 2. The number of benzene rings is 2. The molecule has 4 rings (SSSR count). The van der Waals surface area contributed by atoms with Gasteiger partial charge in [-0.1, -0.05) is 24.3 Å². The van der Waals surface area contributed by atoms with Crippen molar-refractivity contribution in [1.82, 2.24) is 4.98 Å². The minimum absolute atomic E-state index is 0.261. The molecule has 132 valence electrons. The lowest BCUT2D eigenvalue weighted by atomic mass is 9.82. The predicted molar refractivity (Wildman–Crippen MR) is 96.6 cm³/mol. The van der Waals surface area contributed by atoms with Crippen LogP contribution >= 0.6 is 0 Å². The Labute approximate surface area is 149 Å². The Morgan fingerprint density at radius 3 is 2.58 bits per heavy atom. The van der Waals surface area contributed by atoms with E-state index in [0.717, 1.165) is 22.5 Å². The number of aliphatic imine (C=N–C) groups is 1. The highest BCUT2D eigenvalue weighted by Crippen LogP contribution is 2.39. The van der Waals surface area contributed by atoms with Gasteiger partial charge in [-0.2, -0.15) is 13.2 Å². The van der Waals surface area contributed by atoms with Gasteiger partial charge in [-0.05, 0) is 50.1 Å². The third kappa shape index (κ3) is 2.87. The zero-order valence-electron chi connectivity index (χ0n) is 14.4. The van der Waals surface area contributed by atoms with Crippen LogP contribution in [0.5, 0.6) is 0 Å². The SMILES string of the molecule is CC1(C)Cc2c(cccc2C(F)(F)F)C(c2ccc3ncccc3c2)=N1. The maximum Gasteiger partial charge on any atom is 0.416 e. The van der Waals surface area contributed by atoms with E-state index in [4.69, 9.17) is 4.99 Å². The fourth-order valence-corrected chi connectivity index (χ4v) is 3.54. The van der Waals surface area contributed by atoms with Crippen LogP contribution in [0.15, 0.2) is 59.7 Å². The summed E-state index contributed by atoms with van der Waals surface area (Å²) in [5, 5.41) is 0.935. The Balaban J connectivity index is 1.95. The summed E-state index contributed by atoms with van der Waals surface area (Å²) >= 11 is 0. The molecule has 0 N–H and O–H groups in total. The van der Waals surface area contributed by atoms with Crippen LogP contribution in [-0.4, -0.2) is 16.2 Å². The van der Waals surface area contributed by atoms with Crippen LogP contribution in [0, 0.1) is 0 Å². The second-order valence-corrected chi connectivity index (χ2v) is 7.19. The second-order valence-electron chi connectivity index (χ2n) is 7.19. The van der Waals surface area contributed by atoms with Crippen LogP contribution in [0.3, 0.4) is 0 Å². The second kappa shape index (κ2) is 5.66. The van der Waals surface area contributed by atoms with E-state index < -0.39 is 17.3 Å². The first-order valence-corrected chi connectivity index (χ1v) is 8.39. The topological polar surface area (TPSA) is 25.2 Å². The number of nitrogens with zero attached hydrogens (tertiary/aromatic N) is 2. The molecule has 0 spiro atoms. The Hall–Kier alpha value is -2.69.